The highest BCUT2D eigenvalue weighted by atomic mass is 16.3. The maximum atomic E-state index is 13.0. The minimum atomic E-state index is -1.10. The smallest absolute Gasteiger partial charge is 0.274 e. The second-order valence-corrected chi connectivity index (χ2v) is 8.21. The predicted molar refractivity (Wildman–Crippen MR) is 121 cm³/mol. The van der Waals surface area contributed by atoms with E-state index < -0.39 is 5.60 Å². The molecule has 0 atom stereocenters. The van der Waals surface area contributed by atoms with Gasteiger partial charge in [-0.15, -0.1) is 0 Å². The van der Waals surface area contributed by atoms with Crippen LogP contribution in [0, 0.1) is 5.92 Å². The number of likely N-dealkylation sites (tertiary alicyclic amines) is 1. The molecule has 1 saturated heterocycles. The summed E-state index contributed by atoms with van der Waals surface area (Å²) in [7, 11) is 0. The molecular formula is C26H25N3O3. The van der Waals surface area contributed by atoms with Crippen LogP contribution in [0.5, 0.6) is 0 Å². The van der Waals surface area contributed by atoms with Gasteiger partial charge in [-0.25, -0.2) is 0 Å². The third-order valence-corrected chi connectivity index (χ3v) is 6.38. The summed E-state index contributed by atoms with van der Waals surface area (Å²) in [6, 6.07) is 25.0. The van der Waals surface area contributed by atoms with E-state index >= 15 is 0 Å². The Bertz CT molecular complexity index is 1120. The Kier molecular flexibility index (Phi) is 5.37. The number of carbonyl (C=O) groups is 1. The topological polar surface area (TPSA) is 82.4 Å². The average Bonchev–Trinajstić information content (AvgIpc) is 3.57. The molecule has 5 rings (SSSR count). The number of aromatic nitrogens is 2. The highest BCUT2D eigenvalue weighted by Gasteiger charge is 2.42. The summed E-state index contributed by atoms with van der Waals surface area (Å²) in [5.74, 6) is 0.528. The molecule has 6 heteroatoms. The Balaban J connectivity index is 1.34. The van der Waals surface area contributed by atoms with E-state index in [0.29, 0.717) is 43.1 Å². The molecule has 3 heterocycles. The molecule has 162 valence electrons. The number of hydrogen-bond donors (Lipinski definition) is 2. The molecular weight excluding hydrogens is 402 g/mol. The number of rotatable bonds is 5. The van der Waals surface area contributed by atoms with Crippen molar-refractivity contribution in [3.63, 3.8) is 0 Å². The lowest BCUT2D eigenvalue weighted by Gasteiger charge is -2.42. The third-order valence-electron chi connectivity index (χ3n) is 6.38. The van der Waals surface area contributed by atoms with Crippen molar-refractivity contribution in [1.82, 2.24) is 15.1 Å². The zero-order valence-electron chi connectivity index (χ0n) is 17.6. The molecule has 2 aromatic heterocycles. The van der Waals surface area contributed by atoms with Crippen molar-refractivity contribution in [3.05, 3.63) is 102 Å². The first-order valence-corrected chi connectivity index (χ1v) is 10.9. The van der Waals surface area contributed by atoms with Gasteiger partial charge in [0.15, 0.2) is 11.5 Å². The van der Waals surface area contributed by atoms with Crippen LogP contribution in [0.2, 0.25) is 0 Å². The highest BCUT2D eigenvalue weighted by molar-refractivity contribution is 5.93. The van der Waals surface area contributed by atoms with Crippen molar-refractivity contribution in [3.8, 4) is 11.5 Å². The summed E-state index contributed by atoms with van der Waals surface area (Å²) >= 11 is 0. The van der Waals surface area contributed by atoms with Gasteiger partial charge in [0, 0.05) is 19.2 Å². The lowest BCUT2D eigenvalue weighted by Crippen LogP contribution is -2.46. The van der Waals surface area contributed by atoms with Crippen molar-refractivity contribution >= 4 is 5.91 Å². The van der Waals surface area contributed by atoms with E-state index in [1.807, 2.05) is 71.6 Å². The number of aliphatic hydroxyl groups is 1. The number of H-pyrrole nitrogens is 1. The number of aromatic amines is 1. The number of benzene rings is 2. The molecule has 1 aliphatic rings. The summed E-state index contributed by atoms with van der Waals surface area (Å²) < 4.78 is 5.37. The van der Waals surface area contributed by atoms with Gasteiger partial charge in [-0.05, 0) is 42.0 Å². The third kappa shape index (κ3) is 3.63. The number of nitrogens with one attached hydrogen (secondary N) is 1. The Morgan fingerprint density at radius 2 is 1.59 bits per heavy atom. The van der Waals surface area contributed by atoms with E-state index in [0.717, 1.165) is 11.1 Å². The van der Waals surface area contributed by atoms with Gasteiger partial charge >= 0.3 is 0 Å². The number of nitrogens with zero attached hydrogens (tertiary/aromatic N) is 2. The van der Waals surface area contributed by atoms with E-state index in [-0.39, 0.29) is 11.8 Å². The van der Waals surface area contributed by atoms with Crippen LogP contribution < -0.4 is 0 Å². The molecule has 1 amide bonds. The number of furan rings is 1. The number of piperidine rings is 1. The summed E-state index contributed by atoms with van der Waals surface area (Å²) in [6.45, 7) is 1.13. The van der Waals surface area contributed by atoms with E-state index in [2.05, 4.69) is 10.2 Å². The molecule has 2 N–H and O–H groups in total. The van der Waals surface area contributed by atoms with Crippen LogP contribution in [0.15, 0.2) is 89.5 Å². The van der Waals surface area contributed by atoms with Crippen LogP contribution in [0.1, 0.15) is 34.5 Å². The fraction of sp³-hybridized carbons (Fsp3) is 0.231. The predicted octanol–water partition coefficient (Wildman–Crippen LogP) is 4.46. The number of amides is 1. The molecule has 1 fully saturated rings. The molecule has 0 aliphatic carbocycles. The molecule has 0 radical (unpaired) electrons. The minimum absolute atomic E-state index is 0.00536. The van der Waals surface area contributed by atoms with Crippen LogP contribution in [0.4, 0.5) is 0 Å². The summed E-state index contributed by atoms with van der Waals surface area (Å²) in [4.78, 5) is 14.8. The molecule has 1 aliphatic heterocycles. The molecule has 6 nitrogen and oxygen atoms in total. The zero-order chi connectivity index (χ0) is 22.0. The monoisotopic (exact) mass is 427 g/mol. The molecule has 0 bridgehead atoms. The second-order valence-electron chi connectivity index (χ2n) is 8.21. The van der Waals surface area contributed by atoms with E-state index in [9.17, 15) is 9.90 Å². The van der Waals surface area contributed by atoms with E-state index in [1.165, 1.54) is 0 Å². The van der Waals surface area contributed by atoms with Crippen LogP contribution >= 0.6 is 0 Å². The van der Waals surface area contributed by atoms with Gasteiger partial charge in [-0.3, -0.25) is 9.89 Å². The first-order valence-electron chi connectivity index (χ1n) is 10.9. The van der Waals surface area contributed by atoms with Crippen molar-refractivity contribution in [2.75, 3.05) is 13.1 Å². The zero-order valence-corrected chi connectivity index (χ0v) is 17.6. The molecule has 4 aromatic rings. The Labute approximate surface area is 186 Å². The van der Waals surface area contributed by atoms with Crippen LogP contribution in [-0.2, 0) is 5.60 Å². The van der Waals surface area contributed by atoms with Gasteiger partial charge in [0.05, 0.1) is 6.26 Å². The fourth-order valence-electron chi connectivity index (χ4n) is 4.67. The van der Waals surface area contributed by atoms with E-state index in [4.69, 9.17) is 4.42 Å². The van der Waals surface area contributed by atoms with Crippen LogP contribution in [0.25, 0.3) is 11.5 Å². The Hall–Kier alpha value is -3.64. The van der Waals surface area contributed by atoms with Gasteiger partial charge in [0.2, 0.25) is 0 Å². The summed E-state index contributed by atoms with van der Waals surface area (Å²) in [6.07, 6.45) is 2.98. The van der Waals surface area contributed by atoms with E-state index in [1.54, 1.807) is 18.4 Å². The van der Waals surface area contributed by atoms with Gasteiger partial charge in [0.25, 0.3) is 5.91 Å². The largest absolute Gasteiger partial charge is 0.463 e. The van der Waals surface area contributed by atoms with Crippen molar-refractivity contribution in [1.29, 1.82) is 0 Å². The first kappa shape index (κ1) is 20.3. The molecule has 0 unspecified atom stereocenters. The fourth-order valence-corrected chi connectivity index (χ4v) is 4.67. The molecule has 0 spiro atoms. The SMILES string of the molecule is O=C(c1cc(-c2ccco2)[nH]n1)N1CCC(C(O)(c2ccccc2)c2ccccc2)CC1. The van der Waals surface area contributed by atoms with Crippen LogP contribution in [-0.4, -0.2) is 39.2 Å². The second kappa shape index (κ2) is 8.48. The maximum Gasteiger partial charge on any atom is 0.274 e. The molecule has 32 heavy (non-hydrogen) atoms. The summed E-state index contributed by atoms with van der Waals surface area (Å²) in [5.41, 5.74) is 1.71. The Morgan fingerprint density at radius 1 is 0.969 bits per heavy atom. The van der Waals surface area contributed by atoms with Gasteiger partial charge in [-0.2, -0.15) is 5.10 Å². The van der Waals surface area contributed by atoms with Crippen molar-refractivity contribution in [2.45, 2.75) is 18.4 Å². The number of carbonyl (C=O) groups excluding carboxylic acids is 1. The lowest BCUT2D eigenvalue weighted by atomic mass is 9.72. The maximum absolute atomic E-state index is 13.0. The normalized spacial score (nSPS) is 15.1. The van der Waals surface area contributed by atoms with Gasteiger partial charge in [-0.1, -0.05) is 60.7 Å². The Morgan fingerprint density at radius 3 is 2.16 bits per heavy atom. The van der Waals surface area contributed by atoms with Gasteiger partial charge < -0.3 is 14.4 Å². The number of hydrogen-bond acceptors (Lipinski definition) is 4. The lowest BCUT2D eigenvalue weighted by molar-refractivity contribution is -0.0123. The summed E-state index contributed by atoms with van der Waals surface area (Å²) in [5, 5.41) is 19.1. The standard InChI is InChI=1S/C26H25N3O3/c30-25(23-18-22(27-28-23)24-12-7-17-32-24)29-15-13-21(14-16-29)26(31,19-8-3-1-4-9-19)20-10-5-2-6-11-20/h1-12,17-18,21,31H,13-16H2,(H,27,28). The van der Waals surface area contributed by atoms with Crippen molar-refractivity contribution < 1.29 is 14.3 Å². The molecule has 2 aromatic carbocycles. The highest BCUT2D eigenvalue weighted by Crippen LogP contribution is 2.42. The van der Waals surface area contributed by atoms with Gasteiger partial charge in [0.1, 0.15) is 11.3 Å². The van der Waals surface area contributed by atoms with Crippen LogP contribution in [0.3, 0.4) is 0 Å². The van der Waals surface area contributed by atoms with Crippen molar-refractivity contribution in [2.24, 2.45) is 5.92 Å². The quantitative estimate of drug-likeness (QED) is 0.493. The minimum Gasteiger partial charge on any atom is -0.463 e. The first-order chi connectivity index (χ1) is 15.7. The average molecular weight is 428 g/mol. The molecule has 0 saturated carbocycles.